The van der Waals surface area contributed by atoms with E-state index in [9.17, 15) is 4.79 Å². The quantitative estimate of drug-likeness (QED) is 0.733. The summed E-state index contributed by atoms with van der Waals surface area (Å²) in [6, 6.07) is 3.93. The molecule has 2 aromatic rings. The molecule has 1 unspecified atom stereocenters. The van der Waals surface area contributed by atoms with Gasteiger partial charge in [-0.15, -0.1) is 0 Å². The summed E-state index contributed by atoms with van der Waals surface area (Å²) in [6.07, 6.45) is 4.15. The summed E-state index contributed by atoms with van der Waals surface area (Å²) in [4.78, 5) is 26.2. The van der Waals surface area contributed by atoms with E-state index in [1.165, 1.54) is 0 Å². The highest BCUT2D eigenvalue weighted by Crippen LogP contribution is 2.38. The molecular weight excluding hydrogens is 396 g/mol. The Kier molecular flexibility index (Phi) is 6.18. The van der Waals surface area contributed by atoms with Crippen LogP contribution in [0.5, 0.6) is 5.75 Å². The van der Waals surface area contributed by atoms with E-state index in [1.807, 2.05) is 31.7 Å². The fourth-order valence-corrected chi connectivity index (χ4v) is 4.33. The van der Waals surface area contributed by atoms with E-state index < -0.39 is 5.60 Å². The molecule has 1 atom stereocenters. The molecule has 1 aromatic carbocycles. The van der Waals surface area contributed by atoms with Gasteiger partial charge in [0.1, 0.15) is 17.7 Å². The van der Waals surface area contributed by atoms with Gasteiger partial charge in [-0.3, -0.25) is 4.90 Å². The number of methoxy groups -OCH3 is 1. The SMILES string of the molecule is COc1cc2c(C3CCCCN3C(=O)OC(C)(C)C)ncnc2cc1N1CCOCC1. The number of rotatable bonds is 3. The molecule has 3 heterocycles. The molecule has 1 aromatic heterocycles. The first-order chi connectivity index (χ1) is 14.9. The Morgan fingerprint density at radius 1 is 1.13 bits per heavy atom. The van der Waals surface area contributed by atoms with Crippen molar-refractivity contribution in [2.24, 2.45) is 0 Å². The molecule has 2 aliphatic heterocycles. The van der Waals surface area contributed by atoms with E-state index in [4.69, 9.17) is 14.2 Å². The summed E-state index contributed by atoms with van der Waals surface area (Å²) in [5, 5.41) is 0.914. The number of carbonyl (C=O) groups excluding carboxylic acids is 1. The number of amides is 1. The first-order valence-corrected chi connectivity index (χ1v) is 11.0. The van der Waals surface area contributed by atoms with Crippen LogP contribution >= 0.6 is 0 Å². The molecule has 0 aliphatic carbocycles. The normalized spacial score (nSPS) is 20.1. The zero-order valence-corrected chi connectivity index (χ0v) is 18.9. The summed E-state index contributed by atoms with van der Waals surface area (Å²) in [5.41, 5.74) is 2.17. The van der Waals surface area contributed by atoms with Crippen molar-refractivity contribution in [3.05, 3.63) is 24.2 Å². The summed E-state index contributed by atoms with van der Waals surface area (Å²) in [7, 11) is 1.68. The number of ether oxygens (including phenoxy) is 3. The number of hydrogen-bond acceptors (Lipinski definition) is 7. The van der Waals surface area contributed by atoms with Crippen molar-refractivity contribution in [3.8, 4) is 5.75 Å². The Morgan fingerprint density at radius 2 is 1.90 bits per heavy atom. The van der Waals surface area contributed by atoms with E-state index in [1.54, 1.807) is 13.4 Å². The monoisotopic (exact) mass is 428 g/mol. The van der Waals surface area contributed by atoms with E-state index in [-0.39, 0.29) is 12.1 Å². The molecule has 2 saturated heterocycles. The highest BCUT2D eigenvalue weighted by molar-refractivity contribution is 5.88. The second-order valence-electron chi connectivity index (χ2n) is 9.08. The van der Waals surface area contributed by atoms with Gasteiger partial charge in [-0.05, 0) is 52.2 Å². The van der Waals surface area contributed by atoms with Gasteiger partial charge in [0.2, 0.25) is 0 Å². The first kappa shape index (κ1) is 21.6. The number of likely N-dealkylation sites (tertiary alicyclic amines) is 1. The maximum atomic E-state index is 12.9. The minimum absolute atomic E-state index is 0.145. The number of morpholine rings is 1. The number of fused-ring (bicyclic) bond motifs is 1. The first-order valence-electron chi connectivity index (χ1n) is 11.0. The van der Waals surface area contributed by atoms with E-state index in [2.05, 4.69) is 20.9 Å². The summed E-state index contributed by atoms with van der Waals surface area (Å²) in [6.45, 7) is 9.36. The molecule has 2 aliphatic rings. The van der Waals surface area contributed by atoms with Crippen LogP contribution in [0.2, 0.25) is 0 Å². The second kappa shape index (κ2) is 8.86. The Hall–Kier alpha value is -2.61. The fraction of sp³-hybridized carbons (Fsp3) is 0.609. The van der Waals surface area contributed by atoms with Crippen molar-refractivity contribution in [1.82, 2.24) is 14.9 Å². The fourth-order valence-electron chi connectivity index (χ4n) is 4.33. The number of benzene rings is 1. The predicted octanol–water partition coefficient (Wildman–Crippen LogP) is 3.94. The summed E-state index contributed by atoms with van der Waals surface area (Å²) < 4.78 is 16.9. The molecule has 4 rings (SSSR count). The maximum absolute atomic E-state index is 12.9. The lowest BCUT2D eigenvalue weighted by atomic mass is 9.96. The highest BCUT2D eigenvalue weighted by Gasteiger charge is 2.33. The van der Waals surface area contributed by atoms with Crippen LogP contribution in [0.1, 0.15) is 51.8 Å². The van der Waals surface area contributed by atoms with Crippen LogP contribution < -0.4 is 9.64 Å². The Morgan fingerprint density at radius 3 is 2.61 bits per heavy atom. The van der Waals surface area contributed by atoms with Crippen molar-refractivity contribution in [1.29, 1.82) is 0 Å². The van der Waals surface area contributed by atoms with Crippen molar-refractivity contribution >= 4 is 22.7 Å². The van der Waals surface area contributed by atoms with Crippen LogP contribution in [0.15, 0.2) is 18.5 Å². The van der Waals surface area contributed by atoms with Gasteiger partial charge in [0.05, 0.1) is 43.3 Å². The molecule has 168 valence electrons. The smallest absolute Gasteiger partial charge is 0.410 e. The summed E-state index contributed by atoms with van der Waals surface area (Å²) in [5.74, 6) is 0.782. The number of hydrogen-bond donors (Lipinski definition) is 0. The molecule has 1 amide bonds. The maximum Gasteiger partial charge on any atom is 0.410 e. The lowest BCUT2D eigenvalue weighted by Gasteiger charge is -2.37. The third-order valence-corrected chi connectivity index (χ3v) is 5.76. The molecule has 31 heavy (non-hydrogen) atoms. The van der Waals surface area contributed by atoms with Crippen molar-refractivity contribution in [3.63, 3.8) is 0 Å². The molecule has 8 nitrogen and oxygen atoms in total. The van der Waals surface area contributed by atoms with Crippen LogP contribution in [0.3, 0.4) is 0 Å². The lowest BCUT2D eigenvalue weighted by molar-refractivity contribution is 0.00918. The molecule has 0 radical (unpaired) electrons. The number of piperidine rings is 1. The predicted molar refractivity (Wildman–Crippen MR) is 119 cm³/mol. The molecule has 8 heteroatoms. The van der Waals surface area contributed by atoms with E-state index >= 15 is 0 Å². The van der Waals surface area contributed by atoms with Crippen LogP contribution in [0, 0.1) is 0 Å². The number of carbonyl (C=O) groups is 1. The largest absolute Gasteiger partial charge is 0.495 e. The Labute approximate surface area is 183 Å². The zero-order chi connectivity index (χ0) is 22.0. The zero-order valence-electron chi connectivity index (χ0n) is 18.9. The summed E-state index contributed by atoms with van der Waals surface area (Å²) >= 11 is 0. The topological polar surface area (TPSA) is 77.0 Å². The minimum atomic E-state index is -0.539. The molecule has 0 spiro atoms. The Balaban J connectivity index is 1.73. The van der Waals surface area contributed by atoms with Crippen molar-refractivity contribution in [2.45, 2.75) is 51.7 Å². The van der Waals surface area contributed by atoms with Crippen molar-refractivity contribution < 1.29 is 19.0 Å². The number of nitrogens with zero attached hydrogens (tertiary/aromatic N) is 4. The molecule has 0 bridgehead atoms. The van der Waals surface area contributed by atoms with Crippen molar-refractivity contribution in [2.75, 3.05) is 44.9 Å². The standard InChI is InChI=1S/C23H32N4O4/c1-23(2,3)31-22(28)27-8-6-5-7-18(27)21-16-13-20(29-4)19(14-17(16)24-15-25-21)26-9-11-30-12-10-26/h13-15,18H,5-12H2,1-4H3. The second-order valence-corrected chi connectivity index (χ2v) is 9.08. The van der Waals surface area contributed by atoms with Crippen LogP contribution in [-0.4, -0.2) is 66.5 Å². The number of aromatic nitrogens is 2. The van der Waals surface area contributed by atoms with Gasteiger partial charge in [-0.1, -0.05) is 0 Å². The lowest BCUT2D eigenvalue weighted by Crippen LogP contribution is -2.42. The van der Waals surface area contributed by atoms with Gasteiger partial charge < -0.3 is 19.1 Å². The highest BCUT2D eigenvalue weighted by atomic mass is 16.6. The van der Waals surface area contributed by atoms with Crippen LogP contribution in [-0.2, 0) is 9.47 Å². The van der Waals surface area contributed by atoms with Gasteiger partial charge in [-0.25, -0.2) is 14.8 Å². The molecule has 2 fully saturated rings. The van der Waals surface area contributed by atoms with E-state index in [0.717, 1.165) is 60.4 Å². The van der Waals surface area contributed by atoms with Gasteiger partial charge >= 0.3 is 6.09 Å². The number of anilines is 1. The van der Waals surface area contributed by atoms with Gasteiger partial charge in [0.15, 0.2) is 0 Å². The molecule has 0 N–H and O–H groups in total. The minimum Gasteiger partial charge on any atom is -0.495 e. The van der Waals surface area contributed by atoms with Crippen LogP contribution in [0.4, 0.5) is 10.5 Å². The Bertz CT molecular complexity index is 937. The third-order valence-electron chi connectivity index (χ3n) is 5.76. The average molecular weight is 429 g/mol. The van der Waals surface area contributed by atoms with Crippen LogP contribution in [0.25, 0.3) is 10.9 Å². The molecule has 0 saturated carbocycles. The van der Waals surface area contributed by atoms with Gasteiger partial charge in [0, 0.05) is 25.0 Å². The van der Waals surface area contributed by atoms with Gasteiger partial charge in [-0.2, -0.15) is 0 Å². The molecular formula is C23H32N4O4. The third kappa shape index (κ3) is 4.69. The van der Waals surface area contributed by atoms with Gasteiger partial charge in [0.25, 0.3) is 0 Å². The average Bonchev–Trinajstić information content (AvgIpc) is 2.77. The van der Waals surface area contributed by atoms with E-state index in [0.29, 0.717) is 19.8 Å².